The van der Waals surface area contributed by atoms with Crippen LogP contribution in [0.25, 0.3) is 0 Å². The van der Waals surface area contributed by atoms with Crippen molar-refractivity contribution in [3.63, 3.8) is 0 Å². The molecular weight excluding hydrogens is 286 g/mol. The van der Waals surface area contributed by atoms with Gasteiger partial charge in [-0.15, -0.1) is 0 Å². The van der Waals surface area contributed by atoms with Gasteiger partial charge in [-0.05, 0) is 5.04 Å². The van der Waals surface area contributed by atoms with Crippen molar-refractivity contribution in [1.29, 1.82) is 0 Å². The Hall–Kier alpha value is -0.243. The van der Waals surface area contributed by atoms with E-state index in [0.717, 1.165) is 0 Å². The second kappa shape index (κ2) is 6.89. The standard InChI is InChI=1S/C15H31NO4Si/c1-15(2,3)21(4,5)8-6-7-16-9-12(18)14(20)13(19)11(16)10-17/h6,8,11-14,17-20H,7,9-10H2,1-5H3/b8-6+/t11-,12+,13-,14-/m1/s1. The second-order valence-electron chi connectivity index (χ2n) is 7.63. The van der Waals surface area contributed by atoms with Gasteiger partial charge in [0.15, 0.2) is 0 Å². The van der Waals surface area contributed by atoms with Crippen LogP contribution in [0.4, 0.5) is 0 Å². The summed E-state index contributed by atoms with van der Waals surface area (Å²) in [5.74, 6) is 0. The van der Waals surface area contributed by atoms with Gasteiger partial charge in [-0.1, -0.05) is 45.6 Å². The van der Waals surface area contributed by atoms with Crippen LogP contribution < -0.4 is 0 Å². The van der Waals surface area contributed by atoms with E-state index < -0.39 is 32.4 Å². The van der Waals surface area contributed by atoms with E-state index in [2.05, 4.69) is 45.6 Å². The Kier molecular flexibility index (Phi) is 6.17. The number of hydrogen-bond donors (Lipinski definition) is 4. The number of hydrogen-bond acceptors (Lipinski definition) is 5. The molecule has 1 fully saturated rings. The Morgan fingerprint density at radius 1 is 1.14 bits per heavy atom. The molecule has 4 N–H and O–H groups in total. The first-order valence-electron chi connectivity index (χ1n) is 7.58. The largest absolute Gasteiger partial charge is 0.395 e. The summed E-state index contributed by atoms with van der Waals surface area (Å²) in [5, 5.41) is 39.1. The van der Waals surface area contributed by atoms with Gasteiger partial charge in [-0.3, -0.25) is 4.90 Å². The van der Waals surface area contributed by atoms with Crippen LogP contribution in [-0.2, 0) is 0 Å². The van der Waals surface area contributed by atoms with Crippen molar-refractivity contribution in [2.75, 3.05) is 19.7 Å². The average Bonchev–Trinajstić information content (AvgIpc) is 2.35. The highest BCUT2D eigenvalue weighted by Gasteiger charge is 2.40. The lowest BCUT2D eigenvalue weighted by Crippen LogP contribution is -2.62. The topological polar surface area (TPSA) is 84.2 Å². The van der Waals surface area contributed by atoms with Crippen LogP contribution in [0.2, 0.25) is 18.1 Å². The first kappa shape index (κ1) is 18.8. The maximum Gasteiger partial charge on any atom is 0.109 e. The Morgan fingerprint density at radius 3 is 2.19 bits per heavy atom. The number of nitrogens with zero attached hydrogens (tertiary/aromatic N) is 1. The SMILES string of the molecule is CC(C)(C)[Si](C)(C)/C=C/CN1C[C@H](O)[C@@H](O)[C@H](O)[C@H]1CO. The summed E-state index contributed by atoms with van der Waals surface area (Å²) in [6.45, 7) is 11.9. The van der Waals surface area contributed by atoms with Gasteiger partial charge in [0.1, 0.15) is 12.2 Å². The van der Waals surface area contributed by atoms with E-state index in [0.29, 0.717) is 6.54 Å². The number of β-amino-alcohol motifs (C(OH)–C–C–N with tert-alkyl or cyclic N) is 1. The Morgan fingerprint density at radius 2 is 1.71 bits per heavy atom. The minimum absolute atomic E-state index is 0.237. The summed E-state index contributed by atoms with van der Waals surface area (Å²) in [6, 6.07) is -0.535. The van der Waals surface area contributed by atoms with Gasteiger partial charge in [0, 0.05) is 13.1 Å². The molecule has 21 heavy (non-hydrogen) atoms. The zero-order valence-corrected chi connectivity index (χ0v) is 14.8. The summed E-state index contributed by atoms with van der Waals surface area (Å²) >= 11 is 0. The minimum Gasteiger partial charge on any atom is -0.395 e. The second-order valence-corrected chi connectivity index (χ2v) is 12.9. The summed E-state index contributed by atoms with van der Waals surface area (Å²) in [6.07, 6.45) is -1.23. The molecule has 1 aliphatic rings. The molecule has 124 valence electrons. The van der Waals surface area contributed by atoms with Crippen LogP contribution in [0.15, 0.2) is 11.8 Å². The maximum absolute atomic E-state index is 9.94. The molecule has 4 atom stereocenters. The molecule has 1 rings (SSSR count). The fraction of sp³-hybridized carbons (Fsp3) is 0.867. The lowest BCUT2D eigenvalue weighted by Gasteiger charge is -2.42. The highest BCUT2D eigenvalue weighted by Crippen LogP contribution is 2.36. The lowest BCUT2D eigenvalue weighted by molar-refractivity contribution is -0.142. The van der Waals surface area contributed by atoms with Gasteiger partial charge in [0.2, 0.25) is 0 Å². The molecule has 0 aromatic heterocycles. The van der Waals surface area contributed by atoms with E-state index in [1.54, 1.807) is 0 Å². The van der Waals surface area contributed by atoms with Gasteiger partial charge >= 0.3 is 0 Å². The zero-order valence-electron chi connectivity index (χ0n) is 13.8. The Bertz CT molecular complexity index is 367. The van der Waals surface area contributed by atoms with Gasteiger partial charge in [-0.2, -0.15) is 0 Å². The van der Waals surface area contributed by atoms with E-state index in [9.17, 15) is 20.4 Å². The van der Waals surface area contributed by atoms with Crippen molar-refractivity contribution in [3.8, 4) is 0 Å². The van der Waals surface area contributed by atoms with Crippen molar-refractivity contribution >= 4 is 8.07 Å². The van der Waals surface area contributed by atoms with E-state index in [4.69, 9.17) is 0 Å². The molecular formula is C15H31NO4Si. The van der Waals surface area contributed by atoms with Crippen LogP contribution in [0.5, 0.6) is 0 Å². The summed E-state index contributed by atoms with van der Waals surface area (Å²) in [5.41, 5.74) is 2.27. The fourth-order valence-electron chi connectivity index (χ4n) is 2.32. The Balaban J connectivity index is 2.73. The number of likely N-dealkylation sites (tertiary alicyclic amines) is 1. The molecule has 6 heteroatoms. The molecule has 1 heterocycles. The van der Waals surface area contributed by atoms with E-state index in [1.165, 1.54) is 0 Å². The third kappa shape index (κ3) is 4.37. The summed E-state index contributed by atoms with van der Waals surface area (Å²) in [4.78, 5) is 1.83. The van der Waals surface area contributed by atoms with Gasteiger partial charge < -0.3 is 20.4 Å². The number of aliphatic hydroxyl groups excluding tert-OH is 4. The normalized spacial score (nSPS) is 32.8. The first-order chi connectivity index (χ1) is 9.51. The molecule has 0 saturated carbocycles. The molecule has 5 nitrogen and oxygen atoms in total. The average molecular weight is 318 g/mol. The van der Waals surface area contributed by atoms with Crippen molar-refractivity contribution in [3.05, 3.63) is 11.8 Å². The van der Waals surface area contributed by atoms with Gasteiger partial charge in [-0.25, -0.2) is 0 Å². The molecule has 1 saturated heterocycles. The highest BCUT2D eigenvalue weighted by atomic mass is 28.3. The molecule has 0 amide bonds. The third-order valence-electron chi connectivity index (χ3n) is 5.02. The fourth-order valence-corrected chi connectivity index (χ4v) is 3.52. The van der Waals surface area contributed by atoms with Gasteiger partial charge in [0.05, 0.1) is 26.8 Å². The predicted molar refractivity (Wildman–Crippen MR) is 86.8 cm³/mol. The summed E-state index contributed by atoms with van der Waals surface area (Å²) in [7, 11) is -1.51. The lowest BCUT2D eigenvalue weighted by atomic mass is 9.94. The van der Waals surface area contributed by atoms with Crippen LogP contribution >= 0.6 is 0 Å². The zero-order chi connectivity index (χ0) is 16.4. The maximum atomic E-state index is 9.94. The third-order valence-corrected chi connectivity index (χ3v) is 9.96. The monoisotopic (exact) mass is 317 g/mol. The van der Waals surface area contributed by atoms with E-state index in [-0.39, 0.29) is 18.2 Å². The minimum atomic E-state index is -1.51. The predicted octanol–water partition coefficient (Wildman–Crippen LogP) is 0.349. The van der Waals surface area contributed by atoms with E-state index >= 15 is 0 Å². The molecule has 0 spiro atoms. The number of aliphatic hydroxyl groups is 4. The molecule has 0 aromatic carbocycles. The van der Waals surface area contributed by atoms with Crippen LogP contribution in [0, 0.1) is 0 Å². The van der Waals surface area contributed by atoms with Crippen LogP contribution in [0.1, 0.15) is 20.8 Å². The van der Waals surface area contributed by atoms with Crippen molar-refractivity contribution in [1.82, 2.24) is 4.90 Å². The van der Waals surface area contributed by atoms with Crippen LogP contribution in [0.3, 0.4) is 0 Å². The first-order valence-corrected chi connectivity index (χ1v) is 10.7. The molecule has 0 radical (unpaired) electrons. The number of rotatable bonds is 4. The van der Waals surface area contributed by atoms with Crippen LogP contribution in [-0.4, -0.2) is 77.5 Å². The Labute approximate surface area is 128 Å². The van der Waals surface area contributed by atoms with Gasteiger partial charge in [0.25, 0.3) is 0 Å². The molecule has 0 unspecified atom stereocenters. The van der Waals surface area contributed by atoms with E-state index in [1.807, 2.05) is 4.90 Å². The van der Waals surface area contributed by atoms with Crippen molar-refractivity contribution < 1.29 is 20.4 Å². The highest BCUT2D eigenvalue weighted by molar-refractivity contribution is 6.84. The smallest absolute Gasteiger partial charge is 0.109 e. The quantitative estimate of drug-likeness (QED) is 0.562. The molecule has 0 bridgehead atoms. The van der Waals surface area contributed by atoms with Crippen molar-refractivity contribution in [2.45, 2.75) is 63.3 Å². The molecule has 1 aliphatic heterocycles. The molecule has 0 aliphatic carbocycles. The summed E-state index contributed by atoms with van der Waals surface area (Å²) < 4.78 is 0. The molecule has 0 aromatic rings. The van der Waals surface area contributed by atoms with Crippen molar-refractivity contribution in [2.24, 2.45) is 0 Å². The number of piperidine rings is 1.